The Hall–Kier alpha value is -2.33. The summed E-state index contributed by atoms with van der Waals surface area (Å²) in [6.45, 7) is 3.55. The summed E-state index contributed by atoms with van der Waals surface area (Å²) in [4.78, 5) is 2.27. The van der Waals surface area contributed by atoms with Gasteiger partial charge in [0.1, 0.15) is 5.82 Å². The summed E-state index contributed by atoms with van der Waals surface area (Å²) in [6, 6.07) is 9.40. The average molecular weight is 439 g/mol. The number of morpholine rings is 1. The number of anilines is 2. The Labute approximate surface area is 162 Å². The van der Waals surface area contributed by atoms with Gasteiger partial charge in [-0.25, -0.2) is 8.78 Å². The van der Waals surface area contributed by atoms with Crippen molar-refractivity contribution >= 4 is 33.1 Å². The van der Waals surface area contributed by atoms with Crippen molar-refractivity contribution in [3.63, 3.8) is 0 Å². The second-order valence-corrected chi connectivity index (χ2v) is 6.99. The molecule has 0 radical (unpaired) electrons. The Morgan fingerprint density at radius 2 is 1.96 bits per heavy atom. The second-order valence-electron chi connectivity index (χ2n) is 6.07. The molecule has 0 atom stereocenters. The fourth-order valence-corrected chi connectivity index (χ4v) is 3.36. The number of aromatic nitrogens is 4. The van der Waals surface area contributed by atoms with E-state index in [1.165, 1.54) is 0 Å². The first-order valence-electron chi connectivity index (χ1n) is 8.47. The van der Waals surface area contributed by atoms with Crippen LogP contribution in [0, 0.1) is 0 Å². The predicted octanol–water partition coefficient (Wildman–Crippen LogP) is 3.27. The van der Waals surface area contributed by atoms with Crippen LogP contribution in [0.2, 0.25) is 0 Å². The van der Waals surface area contributed by atoms with Gasteiger partial charge in [0.15, 0.2) is 5.65 Å². The third kappa shape index (κ3) is 3.86. The van der Waals surface area contributed by atoms with Gasteiger partial charge in [0.2, 0.25) is 5.82 Å². The lowest BCUT2D eigenvalue weighted by atomic mass is 10.1. The molecule has 142 valence electrons. The highest BCUT2D eigenvalue weighted by molar-refractivity contribution is 9.10. The van der Waals surface area contributed by atoms with Crippen molar-refractivity contribution < 1.29 is 13.5 Å². The van der Waals surface area contributed by atoms with Crippen LogP contribution in [0.5, 0.6) is 0 Å². The van der Waals surface area contributed by atoms with Gasteiger partial charge in [0, 0.05) is 29.8 Å². The second kappa shape index (κ2) is 7.73. The van der Waals surface area contributed by atoms with Crippen molar-refractivity contribution in [1.82, 2.24) is 19.8 Å². The molecule has 0 bridgehead atoms. The summed E-state index contributed by atoms with van der Waals surface area (Å²) in [7, 11) is 0. The molecule has 3 heterocycles. The summed E-state index contributed by atoms with van der Waals surface area (Å²) in [5, 5.41) is 14.6. The standard InChI is InChI=1S/C17H17BrF2N6O/c18-12-2-1-11(13(9-12)25-5-7-27-8-6-25)10-21-14-3-4-15-22-23-17(16(19)20)26(15)24-14/h1-4,9,16H,5-8,10H2,(H,21,24). The molecule has 0 unspecified atom stereocenters. The zero-order valence-electron chi connectivity index (χ0n) is 14.3. The van der Waals surface area contributed by atoms with Gasteiger partial charge in [-0.05, 0) is 29.8 Å². The van der Waals surface area contributed by atoms with E-state index in [1.807, 2.05) is 12.1 Å². The molecule has 0 amide bonds. The number of rotatable bonds is 5. The maximum Gasteiger partial charge on any atom is 0.299 e. The fraction of sp³-hybridized carbons (Fsp3) is 0.353. The molecule has 1 fully saturated rings. The summed E-state index contributed by atoms with van der Waals surface area (Å²) in [5.74, 6) is 0.00587. The van der Waals surface area contributed by atoms with Gasteiger partial charge in [-0.15, -0.1) is 15.3 Å². The van der Waals surface area contributed by atoms with Crippen LogP contribution >= 0.6 is 15.9 Å². The van der Waals surface area contributed by atoms with Crippen LogP contribution in [-0.4, -0.2) is 46.1 Å². The van der Waals surface area contributed by atoms with Crippen LogP contribution in [0.15, 0.2) is 34.8 Å². The van der Waals surface area contributed by atoms with E-state index in [0.717, 1.165) is 33.3 Å². The van der Waals surface area contributed by atoms with E-state index in [1.54, 1.807) is 12.1 Å². The molecule has 0 saturated carbocycles. The molecule has 27 heavy (non-hydrogen) atoms. The number of hydrogen-bond donors (Lipinski definition) is 1. The number of fused-ring (bicyclic) bond motifs is 1. The van der Waals surface area contributed by atoms with E-state index in [0.29, 0.717) is 25.6 Å². The van der Waals surface area contributed by atoms with Gasteiger partial charge in [0.05, 0.1) is 13.2 Å². The summed E-state index contributed by atoms with van der Waals surface area (Å²) in [6.07, 6.45) is -2.73. The van der Waals surface area contributed by atoms with Crippen LogP contribution in [0.1, 0.15) is 17.8 Å². The van der Waals surface area contributed by atoms with Gasteiger partial charge < -0.3 is 15.0 Å². The summed E-state index contributed by atoms with van der Waals surface area (Å²) >= 11 is 3.52. The molecule has 1 N–H and O–H groups in total. The smallest absolute Gasteiger partial charge is 0.299 e. The Morgan fingerprint density at radius 3 is 2.74 bits per heavy atom. The number of nitrogens with zero attached hydrogens (tertiary/aromatic N) is 5. The molecule has 10 heteroatoms. The summed E-state index contributed by atoms with van der Waals surface area (Å²) < 4.78 is 33.5. The van der Waals surface area contributed by atoms with Crippen molar-refractivity contribution in [3.05, 3.63) is 46.2 Å². The van der Waals surface area contributed by atoms with E-state index in [-0.39, 0.29) is 5.65 Å². The molecule has 1 saturated heterocycles. The Balaban J connectivity index is 1.56. The first kappa shape index (κ1) is 18.1. The molecular formula is C17H17BrF2N6O. The molecule has 0 aliphatic carbocycles. The minimum atomic E-state index is -2.73. The topological polar surface area (TPSA) is 67.6 Å². The molecule has 4 rings (SSSR count). The van der Waals surface area contributed by atoms with Crippen molar-refractivity contribution in [1.29, 1.82) is 0 Å². The number of hydrogen-bond acceptors (Lipinski definition) is 6. The molecule has 7 nitrogen and oxygen atoms in total. The molecule has 0 spiro atoms. The highest BCUT2D eigenvalue weighted by Crippen LogP contribution is 2.27. The quantitative estimate of drug-likeness (QED) is 0.659. The van der Waals surface area contributed by atoms with Gasteiger partial charge in [-0.2, -0.15) is 4.52 Å². The largest absolute Gasteiger partial charge is 0.378 e. The normalized spacial score (nSPS) is 14.9. The summed E-state index contributed by atoms with van der Waals surface area (Å²) in [5.41, 5.74) is 2.48. The number of alkyl halides is 2. The van der Waals surface area contributed by atoms with E-state index < -0.39 is 12.2 Å². The Kier molecular flexibility index (Phi) is 5.17. The molecule has 1 aliphatic heterocycles. The van der Waals surface area contributed by atoms with E-state index in [9.17, 15) is 8.78 Å². The van der Waals surface area contributed by atoms with Crippen LogP contribution in [0.25, 0.3) is 5.65 Å². The first-order valence-corrected chi connectivity index (χ1v) is 9.26. The maximum absolute atomic E-state index is 13.0. The highest BCUT2D eigenvalue weighted by Gasteiger charge is 2.18. The van der Waals surface area contributed by atoms with E-state index in [4.69, 9.17) is 4.74 Å². The maximum atomic E-state index is 13.0. The lowest BCUT2D eigenvalue weighted by Gasteiger charge is -2.31. The number of ether oxygens (including phenoxy) is 1. The lowest BCUT2D eigenvalue weighted by molar-refractivity contribution is 0.122. The van der Waals surface area contributed by atoms with Gasteiger partial charge in [0.25, 0.3) is 6.43 Å². The zero-order valence-corrected chi connectivity index (χ0v) is 15.9. The van der Waals surface area contributed by atoms with E-state index in [2.05, 4.69) is 47.5 Å². The average Bonchev–Trinajstić information content (AvgIpc) is 3.11. The number of benzene rings is 1. The lowest BCUT2D eigenvalue weighted by Crippen LogP contribution is -2.36. The van der Waals surface area contributed by atoms with Crippen LogP contribution < -0.4 is 10.2 Å². The minimum Gasteiger partial charge on any atom is -0.378 e. The van der Waals surface area contributed by atoms with Crippen molar-refractivity contribution in [2.24, 2.45) is 0 Å². The molecular weight excluding hydrogens is 422 g/mol. The Bertz CT molecular complexity index is 944. The van der Waals surface area contributed by atoms with Gasteiger partial charge in [-0.3, -0.25) is 0 Å². The fourth-order valence-electron chi connectivity index (χ4n) is 3.01. The SMILES string of the molecule is FC(F)c1nnc2ccc(NCc3ccc(Br)cc3N3CCOCC3)nn12. The van der Waals surface area contributed by atoms with Crippen molar-refractivity contribution in [3.8, 4) is 0 Å². The van der Waals surface area contributed by atoms with Crippen LogP contribution in [0.4, 0.5) is 20.3 Å². The monoisotopic (exact) mass is 438 g/mol. The first-order chi connectivity index (χ1) is 13.1. The van der Waals surface area contributed by atoms with Gasteiger partial charge >= 0.3 is 0 Å². The third-order valence-electron chi connectivity index (χ3n) is 4.34. The predicted molar refractivity (Wildman–Crippen MR) is 100 cm³/mol. The molecule has 2 aromatic heterocycles. The van der Waals surface area contributed by atoms with Crippen LogP contribution in [-0.2, 0) is 11.3 Å². The van der Waals surface area contributed by atoms with E-state index >= 15 is 0 Å². The Morgan fingerprint density at radius 1 is 1.15 bits per heavy atom. The molecule has 1 aromatic carbocycles. The third-order valence-corrected chi connectivity index (χ3v) is 4.83. The number of nitrogens with one attached hydrogen (secondary N) is 1. The minimum absolute atomic E-state index is 0.286. The van der Waals surface area contributed by atoms with Crippen molar-refractivity contribution in [2.45, 2.75) is 13.0 Å². The zero-order chi connectivity index (χ0) is 18.8. The van der Waals surface area contributed by atoms with Crippen molar-refractivity contribution in [2.75, 3.05) is 36.5 Å². The highest BCUT2D eigenvalue weighted by atomic mass is 79.9. The molecule has 3 aromatic rings. The van der Waals surface area contributed by atoms with Gasteiger partial charge in [-0.1, -0.05) is 22.0 Å². The molecule has 1 aliphatic rings. The number of halogens is 3. The van der Waals surface area contributed by atoms with Crippen LogP contribution in [0.3, 0.4) is 0 Å².